The van der Waals surface area contributed by atoms with Crippen molar-refractivity contribution in [3.63, 3.8) is 0 Å². The topological polar surface area (TPSA) is 71.5 Å². The Morgan fingerprint density at radius 3 is 2.57 bits per heavy atom. The molecular weight excluding hydrogens is 294 g/mol. The van der Waals surface area contributed by atoms with Crippen LogP contribution in [0.3, 0.4) is 0 Å². The Morgan fingerprint density at radius 1 is 1.35 bits per heavy atom. The lowest BCUT2D eigenvalue weighted by Crippen LogP contribution is -2.44. The fourth-order valence-electron chi connectivity index (χ4n) is 2.70. The van der Waals surface area contributed by atoms with E-state index in [0.717, 1.165) is 18.4 Å². The van der Waals surface area contributed by atoms with Crippen molar-refractivity contribution in [1.82, 2.24) is 15.2 Å². The first-order valence-corrected chi connectivity index (χ1v) is 8.06. The number of amides is 2. The van der Waals surface area contributed by atoms with Crippen molar-refractivity contribution in [2.24, 2.45) is 11.8 Å². The first kappa shape index (κ1) is 17.2. The van der Waals surface area contributed by atoms with Gasteiger partial charge in [0.15, 0.2) is 0 Å². The number of piperidine rings is 1. The van der Waals surface area contributed by atoms with Crippen molar-refractivity contribution in [2.45, 2.75) is 33.2 Å². The average molecular weight is 319 g/mol. The van der Waals surface area contributed by atoms with E-state index < -0.39 is 0 Å². The van der Waals surface area contributed by atoms with Gasteiger partial charge in [-0.2, -0.15) is 0 Å². The Bertz CT molecular complexity index is 535. The van der Waals surface area contributed by atoms with Gasteiger partial charge in [-0.3, -0.25) is 9.59 Å². The van der Waals surface area contributed by atoms with Gasteiger partial charge in [0, 0.05) is 43.7 Å². The molecule has 1 aromatic heterocycles. The Morgan fingerprint density at radius 2 is 2.04 bits per heavy atom. The minimum Gasteiger partial charge on any atom is -0.481 e. The van der Waals surface area contributed by atoms with Crippen molar-refractivity contribution in [2.75, 3.05) is 20.2 Å². The highest BCUT2D eigenvalue weighted by Gasteiger charge is 2.27. The second-order valence-electron chi connectivity index (χ2n) is 6.18. The Labute approximate surface area is 137 Å². The molecule has 1 aromatic rings. The van der Waals surface area contributed by atoms with E-state index in [9.17, 15) is 9.59 Å². The molecule has 0 radical (unpaired) electrons. The molecule has 1 N–H and O–H groups in total. The summed E-state index contributed by atoms with van der Waals surface area (Å²) in [6, 6.07) is 3.66. The molecule has 6 heteroatoms. The molecule has 1 fully saturated rings. The number of pyridine rings is 1. The number of methoxy groups -OCH3 is 1. The maximum absolute atomic E-state index is 12.2. The third-order valence-corrected chi connectivity index (χ3v) is 4.14. The van der Waals surface area contributed by atoms with Gasteiger partial charge < -0.3 is 15.0 Å². The summed E-state index contributed by atoms with van der Waals surface area (Å²) in [5.41, 5.74) is 0.937. The highest BCUT2D eigenvalue weighted by molar-refractivity contribution is 5.80. The van der Waals surface area contributed by atoms with Gasteiger partial charge in [-0.1, -0.05) is 19.9 Å². The van der Waals surface area contributed by atoms with Gasteiger partial charge in [0.1, 0.15) is 0 Å². The molecule has 2 rings (SSSR count). The number of nitrogens with one attached hydrogen (secondary N) is 1. The van der Waals surface area contributed by atoms with Crippen LogP contribution in [0.25, 0.3) is 0 Å². The smallest absolute Gasteiger partial charge is 0.225 e. The zero-order valence-electron chi connectivity index (χ0n) is 14.0. The Kier molecular flexibility index (Phi) is 5.96. The maximum atomic E-state index is 12.2. The van der Waals surface area contributed by atoms with Crippen molar-refractivity contribution >= 4 is 11.8 Å². The Hall–Kier alpha value is -2.11. The molecule has 2 heterocycles. The molecule has 126 valence electrons. The van der Waals surface area contributed by atoms with Crippen LogP contribution in [0.2, 0.25) is 0 Å². The molecule has 0 unspecified atom stereocenters. The van der Waals surface area contributed by atoms with E-state index in [4.69, 9.17) is 4.74 Å². The van der Waals surface area contributed by atoms with Crippen LogP contribution in [0.15, 0.2) is 18.3 Å². The van der Waals surface area contributed by atoms with Crippen LogP contribution in [-0.2, 0) is 16.1 Å². The van der Waals surface area contributed by atoms with Crippen molar-refractivity contribution in [3.05, 3.63) is 23.9 Å². The number of nitrogens with zero attached hydrogens (tertiary/aromatic N) is 2. The highest BCUT2D eigenvalue weighted by Crippen LogP contribution is 2.19. The predicted molar refractivity (Wildman–Crippen MR) is 86.8 cm³/mol. The average Bonchev–Trinajstić information content (AvgIpc) is 2.59. The molecule has 2 amide bonds. The van der Waals surface area contributed by atoms with Crippen LogP contribution >= 0.6 is 0 Å². The SMILES string of the molecule is COc1ccc(CNC(=O)C2CCN(C(=O)C(C)C)CC2)cn1. The minimum atomic E-state index is -0.0163. The Balaban J connectivity index is 1.77. The molecule has 6 nitrogen and oxygen atoms in total. The first-order valence-electron chi connectivity index (χ1n) is 8.06. The summed E-state index contributed by atoms with van der Waals surface area (Å²) in [6.07, 6.45) is 3.15. The lowest BCUT2D eigenvalue weighted by molar-refractivity contribution is -0.138. The zero-order valence-corrected chi connectivity index (χ0v) is 14.0. The third-order valence-electron chi connectivity index (χ3n) is 4.14. The number of likely N-dealkylation sites (tertiary alicyclic amines) is 1. The highest BCUT2D eigenvalue weighted by atomic mass is 16.5. The van der Waals surface area contributed by atoms with Crippen LogP contribution in [0.4, 0.5) is 0 Å². The lowest BCUT2D eigenvalue weighted by Gasteiger charge is -2.32. The van der Waals surface area contributed by atoms with E-state index >= 15 is 0 Å². The third kappa shape index (κ3) is 4.68. The monoisotopic (exact) mass is 319 g/mol. The number of aromatic nitrogens is 1. The normalized spacial score (nSPS) is 15.6. The van der Waals surface area contributed by atoms with Gasteiger partial charge >= 0.3 is 0 Å². The lowest BCUT2D eigenvalue weighted by atomic mass is 9.95. The van der Waals surface area contributed by atoms with Gasteiger partial charge in [-0.15, -0.1) is 0 Å². The molecule has 0 saturated carbocycles. The van der Waals surface area contributed by atoms with Gasteiger partial charge in [-0.25, -0.2) is 4.98 Å². The number of carbonyl (C=O) groups excluding carboxylic acids is 2. The molecule has 0 bridgehead atoms. The second-order valence-corrected chi connectivity index (χ2v) is 6.18. The molecule has 0 spiro atoms. The number of ether oxygens (including phenoxy) is 1. The standard InChI is InChI=1S/C17H25N3O3/c1-12(2)17(22)20-8-6-14(7-9-20)16(21)19-11-13-4-5-15(23-3)18-10-13/h4-5,10,12,14H,6-9,11H2,1-3H3,(H,19,21). The molecule has 0 aliphatic carbocycles. The number of hydrogen-bond donors (Lipinski definition) is 1. The molecular formula is C17H25N3O3. The fourth-order valence-corrected chi connectivity index (χ4v) is 2.70. The van der Waals surface area contributed by atoms with Crippen LogP contribution in [-0.4, -0.2) is 41.9 Å². The maximum Gasteiger partial charge on any atom is 0.225 e. The minimum absolute atomic E-state index is 0.0163. The first-order chi connectivity index (χ1) is 11.0. The molecule has 1 aliphatic heterocycles. The van der Waals surface area contributed by atoms with Gasteiger partial charge in [-0.05, 0) is 18.4 Å². The zero-order chi connectivity index (χ0) is 16.8. The van der Waals surface area contributed by atoms with Crippen LogP contribution < -0.4 is 10.1 Å². The van der Waals surface area contributed by atoms with E-state index in [-0.39, 0.29) is 23.7 Å². The summed E-state index contributed by atoms with van der Waals surface area (Å²) < 4.78 is 5.01. The van der Waals surface area contributed by atoms with Crippen molar-refractivity contribution < 1.29 is 14.3 Å². The van der Waals surface area contributed by atoms with Crippen LogP contribution in [0.5, 0.6) is 5.88 Å². The largest absolute Gasteiger partial charge is 0.481 e. The van der Waals surface area contributed by atoms with Gasteiger partial charge in [0.2, 0.25) is 17.7 Å². The van der Waals surface area contributed by atoms with E-state index in [1.54, 1.807) is 19.4 Å². The van der Waals surface area contributed by atoms with E-state index in [2.05, 4.69) is 10.3 Å². The number of hydrogen-bond acceptors (Lipinski definition) is 4. The summed E-state index contributed by atoms with van der Waals surface area (Å²) in [4.78, 5) is 30.2. The number of rotatable bonds is 5. The summed E-state index contributed by atoms with van der Waals surface area (Å²) >= 11 is 0. The molecule has 1 aliphatic rings. The predicted octanol–water partition coefficient (Wildman–Crippen LogP) is 1.60. The van der Waals surface area contributed by atoms with Crippen molar-refractivity contribution in [1.29, 1.82) is 0 Å². The quantitative estimate of drug-likeness (QED) is 0.895. The van der Waals surface area contributed by atoms with E-state index in [1.807, 2.05) is 24.8 Å². The summed E-state index contributed by atoms with van der Waals surface area (Å²) in [5, 5.41) is 2.95. The molecule has 1 saturated heterocycles. The van der Waals surface area contributed by atoms with Gasteiger partial charge in [0.05, 0.1) is 7.11 Å². The fraction of sp³-hybridized carbons (Fsp3) is 0.588. The van der Waals surface area contributed by atoms with E-state index in [0.29, 0.717) is 25.5 Å². The van der Waals surface area contributed by atoms with E-state index in [1.165, 1.54) is 0 Å². The van der Waals surface area contributed by atoms with Crippen LogP contribution in [0, 0.1) is 11.8 Å². The van der Waals surface area contributed by atoms with Gasteiger partial charge in [0.25, 0.3) is 0 Å². The molecule has 23 heavy (non-hydrogen) atoms. The van der Waals surface area contributed by atoms with Crippen LogP contribution in [0.1, 0.15) is 32.3 Å². The summed E-state index contributed by atoms with van der Waals surface area (Å²) in [5.74, 6) is 0.785. The van der Waals surface area contributed by atoms with Crippen molar-refractivity contribution in [3.8, 4) is 5.88 Å². The number of carbonyl (C=O) groups is 2. The summed E-state index contributed by atoms with van der Waals surface area (Å²) in [7, 11) is 1.57. The molecule has 0 atom stereocenters. The second kappa shape index (κ2) is 7.94. The summed E-state index contributed by atoms with van der Waals surface area (Å²) in [6.45, 7) is 5.60. The molecule has 0 aromatic carbocycles.